The molecule has 6 heteroatoms. The normalized spacial score (nSPS) is 14.4. The Labute approximate surface area is 115 Å². The molecule has 0 radical (unpaired) electrons. The van der Waals surface area contributed by atoms with Crippen molar-refractivity contribution in [1.82, 2.24) is 0 Å². The number of carbonyl (C=O) groups is 1. The Morgan fingerprint density at radius 3 is 2.37 bits per heavy atom. The first kappa shape index (κ1) is 17.7. The molecule has 19 heavy (non-hydrogen) atoms. The highest BCUT2D eigenvalue weighted by atomic mass is 16.6. The SMILES string of the molecule is CC(C)OC(N)=NCCC[C@H](N)C(=O)OC(C)(C)C. The number of hydrogen-bond donors (Lipinski definition) is 2. The second kappa shape index (κ2) is 7.99. The molecule has 6 nitrogen and oxygen atoms in total. The monoisotopic (exact) mass is 273 g/mol. The predicted molar refractivity (Wildman–Crippen MR) is 75.8 cm³/mol. The van der Waals surface area contributed by atoms with Gasteiger partial charge in [-0.2, -0.15) is 0 Å². The summed E-state index contributed by atoms with van der Waals surface area (Å²) in [7, 11) is 0. The number of esters is 1. The van der Waals surface area contributed by atoms with E-state index >= 15 is 0 Å². The smallest absolute Gasteiger partial charge is 0.323 e. The van der Waals surface area contributed by atoms with Gasteiger partial charge in [-0.3, -0.25) is 4.79 Å². The van der Waals surface area contributed by atoms with Crippen LogP contribution in [-0.2, 0) is 14.3 Å². The van der Waals surface area contributed by atoms with E-state index in [9.17, 15) is 4.79 Å². The van der Waals surface area contributed by atoms with Crippen molar-refractivity contribution < 1.29 is 14.3 Å². The van der Waals surface area contributed by atoms with Crippen molar-refractivity contribution in [1.29, 1.82) is 0 Å². The van der Waals surface area contributed by atoms with Crippen LogP contribution in [0.25, 0.3) is 0 Å². The van der Waals surface area contributed by atoms with Gasteiger partial charge in [-0.25, -0.2) is 4.99 Å². The van der Waals surface area contributed by atoms with Gasteiger partial charge in [0, 0.05) is 6.54 Å². The van der Waals surface area contributed by atoms with Crippen molar-refractivity contribution in [3.05, 3.63) is 0 Å². The van der Waals surface area contributed by atoms with Gasteiger partial charge in [0.1, 0.15) is 11.6 Å². The zero-order chi connectivity index (χ0) is 15.1. The lowest BCUT2D eigenvalue weighted by molar-refractivity contribution is -0.156. The Bertz CT molecular complexity index is 309. The van der Waals surface area contributed by atoms with Gasteiger partial charge in [0.15, 0.2) is 0 Å². The zero-order valence-corrected chi connectivity index (χ0v) is 12.6. The standard InChI is InChI=1S/C13H27N3O3/c1-9(2)18-12(15)16-8-6-7-10(14)11(17)19-13(3,4)5/h9-10H,6-8,14H2,1-5H3,(H2,15,16)/t10-/m0/s1. The van der Waals surface area contributed by atoms with Gasteiger partial charge >= 0.3 is 5.97 Å². The fourth-order valence-corrected chi connectivity index (χ4v) is 1.27. The molecule has 0 saturated heterocycles. The molecule has 4 N–H and O–H groups in total. The minimum Gasteiger partial charge on any atom is -0.463 e. The summed E-state index contributed by atoms with van der Waals surface area (Å²) >= 11 is 0. The van der Waals surface area contributed by atoms with E-state index in [1.165, 1.54) is 0 Å². The quantitative estimate of drug-likeness (QED) is 0.327. The molecule has 0 aliphatic rings. The van der Waals surface area contributed by atoms with Crippen LogP contribution in [0.1, 0.15) is 47.5 Å². The molecule has 0 saturated carbocycles. The largest absolute Gasteiger partial charge is 0.463 e. The number of nitrogens with zero attached hydrogens (tertiary/aromatic N) is 1. The van der Waals surface area contributed by atoms with Gasteiger partial charge in [-0.15, -0.1) is 0 Å². The second-order valence-electron chi connectivity index (χ2n) is 5.67. The van der Waals surface area contributed by atoms with Crippen LogP contribution in [0.4, 0.5) is 0 Å². The molecule has 0 aliphatic heterocycles. The summed E-state index contributed by atoms with van der Waals surface area (Å²) in [5.74, 6) is -0.386. The van der Waals surface area contributed by atoms with E-state index in [4.69, 9.17) is 20.9 Å². The molecule has 0 spiro atoms. The Hall–Kier alpha value is -1.30. The van der Waals surface area contributed by atoms with Gasteiger partial charge < -0.3 is 20.9 Å². The summed E-state index contributed by atoms with van der Waals surface area (Å²) in [4.78, 5) is 15.6. The first-order valence-corrected chi connectivity index (χ1v) is 6.57. The van der Waals surface area contributed by atoms with Crippen LogP contribution in [0.3, 0.4) is 0 Å². The van der Waals surface area contributed by atoms with E-state index in [-0.39, 0.29) is 18.1 Å². The Morgan fingerprint density at radius 2 is 1.89 bits per heavy atom. The number of ether oxygens (including phenoxy) is 2. The summed E-state index contributed by atoms with van der Waals surface area (Å²) < 4.78 is 10.4. The lowest BCUT2D eigenvalue weighted by Gasteiger charge is -2.22. The van der Waals surface area contributed by atoms with E-state index in [1.807, 2.05) is 34.6 Å². The summed E-state index contributed by atoms with van der Waals surface area (Å²) in [6.07, 6.45) is 1.17. The van der Waals surface area contributed by atoms with Crippen LogP contribution in [0.15, 0.2) is 4.99 Å². The maximum atomic E-state index is 11.6. The van der Waals surface area contributed by atoms with Crippen molar-refractivity contribution in [3.8, 4) is 0 Å². The van der Waals surface area contributed by atoms with Crippen molar-refractivity contribution >= 4 is 12.0 Å². The molecule has 0 rings (SSSR count). The molecule has 0 fully saturated rings. The maximum absolute atomic E-state index is 11.6. The number of rotatable bonds is 6. The Balaban J connectivity index is 3.92. The number of aliphatic imine (C=N–C) groups is 1. The van der Waals surface area contributed by atoms with E-state index in [0.717, 1.165) is 0 Å². The number of hydrogen-bond acceptors (Lipinski definition) is 5. The highest BCUT2D eigenvalue weighted by Crippen LogP contribution is 2.09. The van der Waals surface area contributed by atoms with Crippen molar-refractivity contribution in [2.75, 3.05) is 6.54 Å². The molecule has 0 aromatic heterocycles. The number of amidine groups is 1. The zero-order valence-electron chi connectivity index (χ0n) is 12.6. The minimum absolute atomic E-state index is 0.00719. The fourth-order valence-electron chi connectivity index (χ4n) is 1.27. The van der Waals surface area contributed by atoms with E-state index in [2.05, 4.69) is 4.99 Å². The van der Waals surface area contributed by atoms with Crippen LogP contribution >= 0.6 is 0 Å². The highest BCUT2D eigenvalue weighted by molar-refractivity contribution is 5.75. The summed E-state index contributed by atoms with van der Waals surface area (Å²) in [6, 6.07) is -0.456. The van der Waals surface area contributed by atoms with Crippen molar-refractivity contribution in [2.45, 2.75) is 65.2 Å². The Morgan fingerprint density at radius 1 is 1.32 bits per heavy atom. The molecule has 0 bridgehead atoms. The summed E-state index contributed by atoms with van der Waals surface area (Å²) in [5, 5.41) is 0. The molecule has 0 heterocycles. The third-order valence-corrected chi connectivity index (χ3v) is 2.01. The lowest BCUT2D eigenvalue weighted by Crippen LogP contribution is -2.37. The molecule has 0 aliphatic carbocycles. The van der Waals surface area contributed by atoms with E-state index in [0.29, 0.717) is 19.4 Å². The van der Waals surface area contributed by atoms with Crippen molar-refractivity contribution in [3.63, 3.8) is 0 Å². The topological polar surface area (TPSA) is 99.9 Å². The first-order chi connectivity index (χ1) is 8.61. The molecule has 0 unspecified atom stereocenters. The van der Waals surface area contributed by atoms with Gasteiger partial charge in [0.05, 0.1) is 6.10 Å². The molecule has 0 aromatic rings. The lowest BCUT2D eigenvalue weighted by atomic mass is 10.1. The molecular weight excluding hydrogens is 246 g/mol. The third kappa shape index (κ3) is 10.3. The molecular formula is C13H27N3O3. The second-order valence-corrected chi connectivity index (χ2v) is 5.67. The first-order valence-electron chi connectivity index (χ1n) is 6.57. The minimum atomic E-state index is -0.623. The van der Waals surface area contributed by atoms with Gasteiger partial charge in [0.25, 0.3) is 6.02 Å². The summed E-state index contributed by atoms with van der Waals surface area (Å²) in [6.45, 7) is 9.67. The Kier molecular flexibility index (Phi) is 7.44. The predicted octanol–water partition coefficient (Wildman–Crippen LogP) is 1.18. The molecule has 112 valence electrons. The van der Waals surface area contributed by atoms with Crippen LogP contribution in [0.2, 0.25) is 0 Å². The van der Waals surface area contributed by atoms with Crippen LogP contribution in [0, 0.1) is 0 Å². The molecule has 0 aromatic carbocycles. The number of carbonyl (C=O) groups excluding carboxylic acids is 1. The average molecular weight is 273 g/mol. The van der Waals surface area contributed by atoms with Crippen LogP contribution in [-0.4, -0.2) is 36.3 Å². The number of nitrogens with two attached hydrogens (primary N) is 2. The van der Waals surface area contributed by atoms with E-state index < -0.39 is 11.6 Å². The third-order valence-electron chi connectivity index (χ3n) is 2.01. The van der Waals surface area contributed by atoms with Crippen LogP contribution in [0.5, 0.6) is 0 Å². The molecule has 1 atom stereocenters. The molecule has 0 amide bonds. The van der Waals surface area contributed by atoms with Gasteiger partial charge in [-0.05, 0) is 47.5 Å². The summed E-state index contributed by atoms with van der Waals surface area (Å²) in [5.41, 5.74) is 10.8. The van der Waals surface area contributed by atoms with Crippen LogP contribution < -0.4 is 11.5 Å². The average Bonchev–Trinajstić information content (AvgIpc) is 2.20. The van der Waals surface area contributed by atoms with Gasteiger partial charge in [-0.1, -0.05) is 0 Å². The fraction of sp³-hybridized carbons (Fsp3) is 0.846. The maximum Gasteiger partial charge on any atom is 0.323 e. The van der Waals surface area contributed by atoms with Crippen molar-refractivity contribution in [2.24, 2.45) is 16.5 Å². The highest BCUT2D eigenvalue weighted by Gasteiger charge is 2.21. The van der Waals surface area contributed by atoms with Gasteiger partial charge in [0.2, 0.25) is 0 Å². The van der Waals surface area contributed by atoms with E-state index in [1.54, 1.807) is 0 Å².